The number of thiophene rings is 1. The van der Waals surface area contributed by atoms with Crippen molar-refractivity contribution in [3.63, 3.8) is 0 Å². The highest BCUT2D eigenvalue weighted by molar-refractivity contribution is 7.99. The first-order valence-corrected chi connectivity index (χ1v) is 11.9. The molecule has 1 N–H and O–H groups in total. The number of aromatic nitrogens is 3. The summed E-state index contributed by atoms with van der Waals surface area (Å²) in [5.74, 6) is 0.824. The summed E-state index contributed by atoms with van der Waals surface area (Å²) in [6.07, 6.45) is 0. The van der Waals surface area contributed by atoms with Gasteiger partial charge in [0.25, 0.3) is 0 Å². The number of aryl methyl sites for hydroxylation is 1. The lowest BCUT2D eigenvalue weighted by Crippen LogP contribution is -2.14. The molecular weight excluding hydrogens is 440 g/mol. The van der Waals surface area contributed by atoms with Crippen LogP contribution in [0.5, 0.6) is 0 Å². The van der Waals surface area contributed by atoms with E-state index in [-0.39, 0.29) is 17.4 Å². The van der Waals surface area contributed by atoms with Gasteiger partial charge in [-0.2, -0.15) is 0 Å². The maximum absolute atomic E-state index is 12.4. The minimum absolute atomic E-state index is 0.00671. The molecule has 0 bridgehead atoms. The average molecular weight is 463 g/mol. The molecule has 1 amide bonds. The van der Waals surface area contributed by atoms with Crippen molar-refractivity contribution in [2.24, 2.45) is 7.05 Å². The maximum atomic E-state index is 12.4. The number of rotatable bonds is 7. The molecule has 162 valence electrons. The Morgan fingerprint density at radius 2 is 1.78 bits per heavy atom. The van der Waals surface area contributed by atoms with Crippen molar-refractivity contribution in [1.29, 1.82) is 0 Å². The zero-order valence-electron chi connectivity index (χ0n) is 18.0. The van der Waals surface area contributed by atoms with Gasteiger partial charge in [-0.15, -0.1) is 21.5 Å². The van der Waals surface area contributed by atoms with Crippen LogP contribution in [0.3, 0.4) is 0 Å². The topological polar surface area (TPSA) is 76.9 Å². The first-order chi connectivity index (χ1) is 15.4. The number of amides is 1. The predicted molar refractivity (Wildman–Crippen MR) is 130 cm³/mol. The Balaban J connectivity index is 1.46. The molecule has 32 heavy (non-hydrogen) atoms. The lowest BCUT2D eigenvalue weighted by atomic mass is 10.0. The van der Waals surface area contributed by atoms with Gasteiger partial charge in [0.15, 0.2) is 16.8 Å². The van der Waals surface area contributed by atoms with Crippen molar-refractivity contribution in [3.8, 4) is 22.5 Å². The number of nitrogens with zero attached hydrogens (tertiary/aromatic N) is 3. The average Bonchev–Trinajstić information content (AvgIpc) is 3.35. The van der Waals surface area contributed by atoms with Gasteiger partial charge in [0, 0.05) is 39.7 Å². The lowest BCUT2D eigenvalue weighted by Gasteiger charge is -2.08. The van der Waals surface area contributed by atoms with E-state index in [4.69, 9.17) is 0 Å². The Morgan fingerprint density at radius 3 is 2.47 bits per heavy atom. The number of Topliss-reactive ketones (excluding diaryl/α,β-unsaturated/α-hetero) is 1. The van der Waals surface area contributed by atoms with Gasteiger partial charge in [-0.1, -0.05) is 42.1 Å². The number of carbonyl (C=O) groups is 2. The Bertz CT molecular complexity index is 1260. The van der Waals surface area contributed by atoms with E-state index in [1.54, 1.807) is 35.6 Å². The monoisotopic (exact) mass is 462 g/mol. The van der Waals surface area contributed by atoms with Gasteiger partial charge in [-0.25, -0.2) is 0 Å². The third-order valence-corrected chi connectivity index (χ3v) is 6.95. The summed E-state index contributed by atoms with van der Waals surface area (Å²) in [4.78, 5) is 25.0. The van der Waals surface area contributed by atoms with Crippen molar-refractivity contribution >= 4 is 40.5 Å². The molecule has 2 aromatic heterocycles. The molecule has 0 aliphatic heterocycles. The first-order valence-electron chi connectivity index (χ1n) is 10.0. The maximum Gasteiger partial charge on any atom is 0.234 e. The molecule has 0 fully saturated rings. The highest BCUT2D eigenvalue weighted by atomic mass is 32.2. The summed E-state index contributed by atoms with van der Waals surface area (Å²) in [6, 6.07) is 17.1. The number of thioether (sulfide) groups is 1. The summed E-state index contributed by atoms with van der Waals surface area (Å²) in [5.41, 5.74) is 4.61. The van der Waals surface area contributed by atoms with Crippen LogP contribution in [0.1, 0.15) is 22.2 Å². The Hall–Kier alpha value is -3.23. The van der Waals surface area contributed by atoms with Crippen LogP contribution in [-0.4, -0.2) is 32.2 Å². The van der Waals surface area contributed by atoms with E-state index in [1.165, 1.54) is 23.6 Å². The molecule has 0 radical (unpaired) electrons. The fourth-order valence-corrected chi connectivity index (χ4v) is 4.95. The fraction of sp³-hybridized carbons (Fsp3) is 0.167. The van der Waals surface area contributed by atoms with Crippen LogP contribution in [0.25, 0.3) is 22.5 Å². The number of anilines is 1. The minimum atomic E-state index is -0.147. The highest BCUT2D eigenvalue weighted by Gasteiger charge is 2.19. The molecular formula is C24H22N4O2S2. The smallest absolute Gasteiger partial charge is 0.234 e. The van der Waals surface area contributed by atoms with Gasteiger partial charge in [-0.05, 0) is 43.7 Å². The van der Waals surface area contributed by atoms with Gasteiger partial charge < -0.3 is 9.88 Å². The molecule has 0 spiro atoms. The van der Waals surface area contributed by atoms with Crippen LogP contribution < -0.4 is 5.32 Å². The fourth-order valence-electron chi connectivity index (χ4n) is 3.37. The van der Waals surface area contributed by atoms with Gasteiger partial charge >= 0.3 is 0 Å². The molecule has 0 atom stereocenters. The predicted octanol–water partition coefficient (Wildman–Crippen LogP) is 5.45. The van der Waals surface area contributed by atoms with Crippen LogP contribution >= 0.6 is 23.1 Å². The van der Waals surface area contributed by atoms with Crippen LogP contribution in [-0.2, 0) is 11.8 Å². The number of benzene rings is 2. The second kappa shape index (κ2) is 9.50. The van der Waals surface area contributed by atoms with Crippen LogP contribution in [0.4, 0.5) is 5.69 Å². The van der Waals surface area contributed by atoms with Crippen LogP contribution in [0.15, 0.2) is 65.1 Å². The first kappa shape index (κ1) is 22.0. The van der Waals surface area contributed by atoms with E-state index >= 15 is 0 Å². The summed E-state index contributed by atoms with van der Waals surface area (Å²) >= 11 is 3.02. The van der Waals surface area contributed by atoms with Crippen molar-refractivity contribution in [2.75, 3.05) is 11.1 Å². The van der Waals surface area contributed by atoms with E-state index in [2.05, 4.69) is 40.0 Å². The SMILES string of the molecule is CC(=O)c1ccc(NC(=O)CSc2nnc(-c3csc(C)c3-c3ccccc3)n2C)cc1. The van der Waals surface area contributed by atoms with Crippen LogP contribution in [0, 0.1) is 6.92 Å². The Kier molecular flexibility index (Phi) is 6.53. The second-order valence-corrected chi connectivity index (χ2v) is 9.31. The van der Waals surface area contributed by atoms with Crippen molar-refractivity contribution < 1.29 is 9.59 Å². The van der Waals surface area contributed by atoms with Gasteiger partial charge in [0.05, 0.1) is 5.75 Å². The summed E-state index contributed by atoms with van der Waals surface area (Å²) in [7, 11) is 1.91. The Labute approximate surface area is 194 Å². The molecule has 0 saturated carbocycles. The number of nitrogens with one attached hydrogen (secondary N) is 1. The normalized spacial score (nSPS) is 10.8. The highest BCUT2D eigenvalue weighted by Crippen LogP contribution is 2.38. The summed E-state index contributed by atoms with van der Waals surface area (Å²) in [5, 5.41) is 14.3. The second-order valence-electron chi connectivity index (χ2n) is 7.28. The van der Waals surface area contributed by atoms with E-state index in [0.717, 1.165) is 22.5 Å². The van der Waals surface area contributed by atoms with Gasteiger partial charge in [-0.3, -0.25) is 9.59 Å². The molecule has 4 rings (SSSR count). The molecule has 0 aliphatic carbocycles. The minimum Gasteiger partial charge on any atom is -0.325 e. The molecule has 2 heterocycles. The van der Waals surface area contributed by atoms with Gasteiger partial charge in [0.1, 0.15) is 0 Å². The summed E-state index contributed by atoms with van der Waals surface area (Å²) < 4.78 is 1.92. The van der Waals surface area contributed by atoms with Crippen molar-refractivity contribution in [2.45, 2.75) is 19.0 Å². The molecule has 4 aromatic rings. The molecule has 8 heteroatoms. The zero-order valence-corrected chi connectivity index (χ0v) is 19.6. The molecule has 0 saturated heterocycles. The van der Waals surface area contributed by atoms with E-state index in [9.17, 15) is 9.59 Å². The molecule has 2 aromatic carbocycles. The molecule has 0 aliphatic rings. The van der Waals surface area contributed by atoms with Gasteiger partial charge in [0.2, 0.25) is 5.91 Å². The molecule has 0 unspecified atom stereocenters. The van der Waals surface area contributed by atoms with Crippen molar-refractivity contribution in [3.05, 3.63) is 70.4 Å². The quantitative estimate of drug-likeness (QED) is 0.292. The number of carbonyl (C=O) groups excluding carboxylic acids is 2. The lowest BCUT2D eigenvalue weighted by molar-refractivity contribution is -0.113. The van der Waals surface area contributed by atoms with E-state index in [1.807, 2.05) is 29.8 Å². The third-order valence-electron chi connectivity index (χ3n) is 5.02. The number of ketones is 1. The third kappa shape index (κ3) is 4.66. The molecule has 6 nitrogen and oxygen atoms in total. The van der Waals surface area contributed by atoms with E-state index in [0.29, 0.717) is 16.4 Å². The van der Waals surface area contributed by atoms with E-state index < -0.39 is 0 Å². The standard InChI is InChI=1S/C24H22N4O2S2/c1-15(29)17-9-11-19(12-10-17)25-21(30)14-32-24-27-26-23(28(24)3)20-13-31-16(2)22(20)18-7-5-4-6-8-18/h4-13H,14H2,1-3H3,(H,25,30). The van der Waals surface area contributed by atoms with Crippen LogP contribution in [0.2, 0.25) is 0 Å². The largest absolute Gasteiger partial charge is 0.325 e. The Morgan fingerprint density at radius 1 is 1.06 bits per heavy atom. The summed E-state index contributed by atoms with van der Waals surface area (Å²) in [6.45, 7) is 3.62. The number of hydrogen-bond acceptors (Lipinski definition) is 6. The zero-order chi connectivity index (χ0) is 22.7. The van der Waals surface area contributed by atoms with Crippen molar-refractivity contribution in [1.82, 2.24) is 14.8 Å². The number of hydrogen-bond donors (Lipinski definition) is 1.